The molecule has 0 aliphatic heterocycles. The summed E-state index contributed by atoms with van der Waals surface area (Å²) >= 11 is 9.28. The van der Waals surface area contributed by atoms with Crippen LogP contribution in [0.3, 0.4) is 0 Å². The molecule has 36 heavy (non-hydrogen) atoms. The number of carbonyl (C=O) groups excluding carboxylic acids is 2. The Kier molecular flexibility index (Phi) is 9.60. The third-order valence-electron chi connectivity index (χ3n) is 5.05. The van der Waals surface area contributed by atoms with Crippen LogP contribution in [-0.4, -0.2) is 50.5 Å². The van der Waals surface area contributed by atoms with Crippen LogP contribution in [0.4, 0.5) is 4.39 Å². The molecule has 0 saturated carbocycles. The van der Waals surface area contributed by atoms with E-state index in [1.807, 2.05) is 0 Å². The third kappa shape index (κ3) is 7.36. The molecule has 192 valence electrons. The molecule has 0 radical (unpaired) electrons. The predicted octanol–water partition coefficient (Wildman–Crippen LogP) is 4.04. The Hall–Kier alpha value is -2.80. The molecule has 3 N–H and O–H groups in total. The van der Waals surface area contributed by atoms with Crippen LogP contribution in [0.5, 0.6) is 0 Å². The number of hydrogen-bond acceptors (Lipinski definition) is 6. The lowest BCUT2D eigenvalue weighted by Gasteiger charge is -2.10. The van der Waals surface area contributed by atoms with Crippen LogP contribution in [0.2, 0.25) is 5.02 Å². The fourth-order valence-corrected chi connectivity index (χ4v) is 4.99. The van der Waals surface area contributed by atoms with Crippen molar-refractivity contribution in [2.75, 3.05) is 20.2 Å². The fourth-order valence-electron chi connectivity index (χ4n) is 3.14. The third-order valence-corrected chi connectivity index (χ3v) is 7.64. The average molecular weight is 602 g/mol. The SMILES string of the molecule is COC(=O)CCC(=O)NCCCNS(=O)(=O)c1cc(-c2ncc(-c3ccc(Br)c(F)c3)[nH]2)ccc1Cl. The minimum atomic E-state index is -3.96. The van der Waals surface area contributed by atoms with Gasteiger partial charge in [0.15, 0.2) is 0 Å². The van der Waals surface area contributed by atoms with Crippen molar-refractivity contribution >= 4 is 49.4 Å². The topological polar surface area (TPSA) is 130 Å². The molecule has 1 heterocycles. The number of rotatable bonds is 11. The Labute approximate surface area is 221 Å². The Bertz CT molecular complexity index is 1370. The standard InChI is InChI=1S/C23H23BrClFN4O5S/c1-35-22(32)8-7-21(31)27-9-2-10-29-36(33,34)20-12-15(4-6-17(20)25)23-28-13-19(30-23)14-3-5-16(24)18(26)11-14/h3-6,11-13,29H,2,7-10H2,1H3,(H,27,31)(H,28,30). The number of aromatic amines is 1. The summed E-state index contributed by atoms with van der Waals surface area (Å²) in [5.41, 5.74) is 1.61. The number of H-pyrrole nitrogens is 1. The molecule has 1 aromatic heterocycles. The van der Waals surface area contributed by atoms with Crippen molar-refractivity contribution in [3.8, 4) is 22.6 Å². The first kappa shape index (κ1) is 27.8. The van der Waals surface area contributed by atoms with Crippen LogP contribution in [0.25, 0.3) is 22.6 Å². The van der Waals surface area contributed by atoms with Gasteiger partial charge in [-0.3, -0.25) is 9.59 Å². The van der Waals surface area contributed by atoms with Crippen LogP contribution in [0.15, 0.2) is 52.0 Å². The van der Waals surface area contributed by atoms with Gasteiger partial charge in [-0.1, -0.05) is 17.7 Å². The molecule has 0 saturated heterocycles. The highest BCUT2D eigenvalue weighted by Crippen LogP contribution is 2.29. The molecule has 3 aromatic rings. The molecule has 3 rings (SSSR count). The first-order valence-electron chi connectivity index (χ1n) is 10.7. The monoisotopic (exact) mass is 600 g/mol. The summed E-state index contributed by atoms with van der Waals surface area (Å²) in [5, 5.41) is 2.64. The highest BCUT2D eigenvalue weighted by Gasteiger charge is 2.19. The van der Waals surface area contributed by atoms with E-state index < -0.39 is 21.8 Å². The van der Waals surface area contributed by atoms with Crippen LogP contribution < -0.4 is 10.0 Å². The van der Waals surface area contributed by atoms with E-state index >= 15 is 0 Å². The molecule has 2 aromatic carbocycles. The first-order chi connectivity index (χ1) is 17.1. The van der Waals surface area contributed by atoms with Crippen molar-refractivity contribution in [2.45, 2.75) is 24.2 Å². The number of benzene rings is 2. The van der Waals surface area contributed by atoms with Crippen LogP contribution in [0.1, 0.15) is 19.3 Å². The van der Waals surface area contributed by atoms with Gasteiger partial charge in [-0.15, -0.1) is 0 Å². The highest BCUT2D eigenvalue weighted by molar-refractivity contribution is 9.10. The molecule has 0 aliphatic rings. The number of hydrogen-bond donors (Lipinski definition) is 3. The van der Waals surface area contributed by atoms with Crippen molar-refractivity contribution in [1.29, 1.82) is 0 Å². The Morgan fingerprint density at radius 1 is 1.14 bits per heavy atom. The van der Waals surface area contributed by atoms with E-state index in [0.29, 0.717) is 33.5 Å². The normalized spacial score (nSPS) is 11.3. The zero-order chi connectivity index (χ0) is 26.3. The number of nitrogens with zero attached hydrogens (tertiary/aromatic N) is 1. The van der Waals surface area contributed by atoms with Gasteiger partial charge in [-0.25, -0.2) is 22.5 Å². The van der Waals surface area contributed by atoms with E-state index in [2.05, 4.69) is 40.7 Å². The van der Waals surface area contributed by atoms with Crippen LogP contribution in [-0.2, 0) is 24.3 Å². The second kappa shape index (κ2) is 12.4. The van der Waals surface area contributed by atoms with Crippen LogP contribution >= 0.6 is 27.5 Å². The maximum absolute atomic E-state index is 13.9. The van der Waals surface area contributed by atoms with Crippen molar-refractivity contribution in [3.63, 3.8) is 0 Å². The average Bonchev–Trinajstić information content (AvgIpc) is 3.34. The van der Waals surface area contributed by atoms with E-state index in [1.54, 1.807) is 18.2 Å². The molecule has 0 atom stereocenters. The zero-order valence-electron chi connectivity index (χ0n) is 19.1. The fraction of sp³-hybridized carbons (Fsp3) is 0.261. The van der Waals surface area contributed by atoms with Gasteiger partial charge in [-0.05, 0) is 52.7 Å². The number of esters is 1. The van der Waals surface area contributed by atoms with E-state index in [1.165, 1.54) is 31.5 Å². The van der Waals surface area contributed by atoms with Crippen molar-refractivity contribution in [1.82, 2.24) is 20.0 Å². The minimum absolute atomic E-state index is 0.00788. The van der Waals surface area contributed by atoms with Gasteiger partial charge in [0.1, 0.15) is 16.5 Å². The molecule has 9 nitrogen and oxygen atoms in total. The summed E-state index contributed by atoms with van der Waals surface area (Å²) in [6, 6.07) is 9.12. The summed E-state index contributed by atoms with van der Waals surface area (Å²) in [4.78, 5) is 30.0. The summed E-state index contributed by atoms with van der Waals surface area (Å²) in [6.45, 7) is 0.280. The van der Waals surface area contributed by atoms with E-state index in [0.717, 1.165) is 0 Å². The van der Waals surface area contributed by atoms with Gasteiger partial charge in [0.2, 0.25) is 15.9 Å². The first-order valence-corrected chi connectivity index (χ1v) is 13.4. The van der Waals surface area contributed by atoms with E-state index in [4.69, 9.17) is 11.6 Å². The Morgan fingerprint density at radius 2 is 1.89 bits per heavy atom. The number of aromatic nitrogens is 2. The molecule has 0 fully saturated rings. The molecule has 0 aliphatic carbocycles. The van der Waals surface area contributed by atoms with E-state index in [-0.39, 0.29) is 41.8 Å². The summed E-state index contributed by atoms with van der Waals surface area (Å²) in [6.07, 6.45) is 1.82. The second-order valence-electron chi connectivity index (χ2n) is 7.60. The number of amides is 1. The molecule has 13 heteroatoms. The number of sulfonamides is 1. The number of carbonyl (C=O) groups is 2. The Balaban J connectivity index is 1.62. The number of halogens is 3. The minimum Gasteiger partial charge on any atom is -0.469 e. The smallest absolute Gasteiger partial charge is 0.306 e. The number of nitrogens with one attached hydrogen (secondary N) is 3. The van der Waals surface area contributed by atoms with Gasteiger partial charge in [0, 0.05) is 30.6 Å². The van der Waals surface area contributed by atoms with Gasteiger partial charge < -0.3 is 15.0 Å². The quantitative estimate of drug-likeness (QED) is 0.225. The lowest BCUT2D eigenvalue weighted by molar-refractivity contribution is -0.142. The lowest BCUT2D eigenvalue weighted by atomic mass is 10.2. The highest BCUT2D eigenvalue weighted by atomic mass is 79.9. The predicted molar refractivity (Wildman–Crippen MR) is 136 cm³/mol. The maximum atomic E-state index is 13.9. The van der Waals surface area contributed by atoms with Gasteiger partial charge in [-0.2, -0.15) is 0 Å². The summed E-state index contributed by atoms with van der Waals surface area (Å²) < 4.78 is 46.8. The molecule has 0 spiro atoms. The summed E-state index contributed by atoms with van der Waals surface area (Å²) in [7, 11) is -2.71. The van der Waals surface area contributed by atoms with Gasteiger partial charge >= 0.3 is 5.97 Å². The number of imidazole rings is 1. The van der Waals surface area contributed by atoms with Crippen molar-refractivity contribution in [2.24, 2.45) is 0 Å². The molecular formula is C23H23BrClFN4O5S. The molecule has 0 unspecified atom stereocenters. The maximum Gasteiger partial charge on any atom is 0.306 e. The zero-order valence-corrected chi connectivity index (χ0v) is 22.3. The van der Waals surface area contributed by atoms with E-state index in [9.17, 15) is 22.4 Å². The summed E-state index contributed by atoms with van der Waals surface area (Å²) in [5.74, 6) is -0.848. The largest absolute Gasteiger partial charge is 0.469 e. The lowest BCUT2D eigenvalue weighted by Crippen LogP contribution is -2.30. The number of ether oxygens (including phenoxy) is 1. The second-order valence-corrected chi connectivity index (χ2v) is 10.6. The molecule has 0 bridgehead atoms. The number of methoxy groups -OCH3 is 1. The van der Waals surface area contributed by atoms with Crippen LogP contribution in [0, 0.1) is 5.82 Å². The molecular weight excluding hydrogens is 579 g/mol. The molecule has 1 amide bonds. The van der Waals surface area contributed by atoms with Crippen molar-refractivity contribution < 1.29 is 27.1 Å². The van der Waals surface area contributed by atoms with Gasteiger partial charge in [0.05, 0.1) is 34.9 Å². The van der Waals surface area contributed by atoms with Gasteiger partial charge in [0.25, 0.3) is 0 Å². The van der Waals surface area contributed by atoms with Crippen molar-refractivity contribution in [3.05, 3.63) is 57.9 Å². The Morgan fingerprint density at radius 3 is 2.61 bits per heavy atom.